The Labute approximate surface area is 206 Å². The first-order valence-corrected chi connectivity index (χ1v) is 12.8. The molecule has 2 aromatic rings. The van der Waals surface area contributed by atoms with E-state index in [2.05, 4.69) is 5.32 Å². The van der Waals surface area contributed by atoms with E-state index >= 15 is 0 Å². The maximum atomic E-state index is 13.0. The summed E-state index contributed by atoms with van der Waals surface area (Å²) in [5.41, 5.74) is 0.972. The van der Waals surface area contributed by atoms with Crippen molar-refractivity contribution in [2.45, 2.75) is 31.1 Å². The highest BCUT2D eigenvalue weighted by atomic mass is 32.2. The number of nitrogens with zero attached hydrogens (tertiary/aromatic N) is 1. The maximum absolute atomic E-state index is 13.0. The number of nitrogens with one attached hydrogen (secondary N) is 1. The van der Waals surface area contributed by atoms with Gasteiger partial charge in [0.15, 0.2) is 5.76 Å². The molecule has 9 nitrogen and oxygen atoms in total. The summed E-state index contributed by atoms with van der Waals surface area (Å²) in [5.74, 6) is 0.435. The van der Waals surface area contributed by atoms with Gasteiger partial charge in [-0.15, -0.1) is 0 Å². The van der Waals surface area contributed by atoms with E-state index in [-0.39, 0.29) is 48.8 Å². The second-order valence-electron chi connectivity index (χ2n) is 8.13. The van der Waals surface area contributed by atoms with Crippen molar-refractivity contribution >= 4 is 15.9 Å². The lowest BCUT2D eigenvalue weighted by Gasteiger charge is -2.28. The lowest BCUT2D eigenvalue weighted by atomic mass is 10.0. The molecule has 1 aliphatic rings. The van der Waals surface area contributed by atoms with Crippen LogP contribution in [0.3, 0.4) is 0 Å². The Bertz CT molecular complexity index is 1090. The molecule has 0 aliphatic carbocycles. The number of hydrogen-bond acceptors (Lipinski definition) is 7. The third-order valence-corrected chi connectivity index (χ3v) is 7.38. The number of sulfonamides is 1. The van der Waals surface area contributed by atoms with Crippen molar-refractivity contribution < 1.29 is 32.5 Å². The molecular formula is C25H32N2O7S. The SMILES string of the molecule is COc1ccc(S(=O)(=O)N(CCO)CCO[C@@H]2C[C@H](C)C=C(C(=O)NCc3ccccc3)O2)cc1. The molecule has 0 radical (unpaired) electrons. The molecule has 0 unspecified atom stereocenters. The fourth-order valence-electron chi connectivity index (χ4n) is 3.60. The third-order valence-electron chi connectivity index (χ3n) is 5.47. The van der Waals surface area contributed by atoms with Gasteiger partial charge in [-0.3, -0.25) is 4.79 Å². The van der Waals surface area contributed by atoms with Crippen LogP contribution in [0.25, 0.3) is 0 Å². The average Bonchev–Trinajstić information content (AvgIpc) is 2.87. The third kappa shape index (κ3) is 7.53. The van der Waals surface area contributed by atoms with E-state index in [4.69, 9.17) is 14.2 Å². The molecule has 1 amide bonds. The van der Waals surface area contributed by atoms with Gasteiger partial charge in [-0.25, -0.2) is 8.42 Å². The molecule has 0 aromatic heterocycles. The van der Waals surface area contributed by atoms with Gasteiger partial charge >= 0.3 is 0 Å². The molecule has 1 aliphatic heterocycles. The Morgan fingerprint density at radius 3 is 2.51 bits per heavy atom. The van der Waals surface area contributed by atoms with E-state index in [1.54, 1.807) is 18.2 Å². The smallest absolute Gasteiger partial charge is 0.286 e. The van der Waals surface area contributed by atoms with Crippen molar-refractivity contribution in [3.8, 4) is 5.75 Å². The van der Waals surface area contributed by atoms with Gasteiger partial charge in [0.05, 0.1) is 25.2 Å². The Kier molecular flexibility index (Phi) is 9.67. The lowest BCUT2D eigenvalue weighted by Crippen LogP contribution is -2.38. The van der Waals surface area contributed by atoms with Gasteiger partial charge in [-0.2, -0.15) is 4.31 Å². The van der Waals surface area contributed by atoms with E-state index in [1.165, 1.54) is 19.2 Å². The zero-order valence-corrected chi connectivity index (χ0v) is 20.7. The Morgan fingerprint density at radius 2 is 1.86 bits per heavy atom. The molecule has 10 heteroatoms. The highest BCUT2D eigenvalue weighted by Crippen LogP contribution is 2.24. The second-order valence-corrected chi connectivity index (χ2v) is 10.1. The molecule has 0 bridgehead atoms. The first-order chi connectivity index (χ1) is 16.8. The molecule has 0 spiro atoms. The van der Waals surface area contributed by atoms with Crippen molar-refractivity contribution in [1.82, 2.24) is 9.62 Å². The number of ether oxygens (including phenoxy) is 3. The number of amides is 1. The Balaban J connectivity index is 1.55. The van der Waals surface area contributed by atoms with E-state index in [1.807, 2.05) is 37.3 Å². The van der Waals surface area contributed by atoms with Crippen LogP contribution in [0.1, 0.15) is 18.9 Å². The summed E-state index contributed by atoms with van der Waals surface area (Å²) < 4.78 is 43.8. The standard InChI is InChI=1S/C25H32N2O7S/c1-19-16-23(25(29)26-18-20-6-4-3-5-7-20)34-24(17-19)33-15-13-27(12-14-28)35(30,31)22-10-8-21(32-2)9-11-22/h3-11,16,19,24,28H,12-15,17-18H2,1-2H3,(H,26,29)/t19-,24+/m1/s1. The Hall–Kier alpha value is -2.92. The number of rotatable bonds is 12. The van der Waals surface area contributed by atoms with Gasteiger partial charge in [-0.05, 0) is 41.8 Å². The second kappa shape index (κ2) is 12.7. The molecule has 190 valence electrons. The first kappa shape index (κ1) is 26.7. The minimum atomic E-state index is -3.84. The van der Waals surface area contributed by atoms with E-state index in [9.17, 15) is 18.3 Å². The van der Waals surface area contributed by atoms with Gasteiger partial charge in [0, 0.05) is 26.1 Å². The number of methoxy groups -OCH3 is 1. The van der Waals surface area contributed by atoms with Crippen LogP contribution in [0, 0.1) is 5.92 Å². The van der Waals surface area contributed by atoms with Crippen LogP contribution < -0.4 is 10.1 Å². The van der Waals surface area contributed by atoms with Crippen LogP contribution in [0.5, 0.6) is 5.75 Å². The van der Waals surface area contributed by atoms with Crippen molar-refractivity contribution in [1.29, 1.82) is 0 Å². The summed E-state index contributed by atoms with van der Waals surface area (Å²) >= 11 is 0. The number of carbonyl (C=O) groups excluding carboxylic acids is 1. The molecule has 0 fully saturated rings. The molecule has 0 saturated carbocycles. The van der Waals surface area contributed by atoms with Gasteiger partial charge in [0.1, 0.15) is 5.75 Å². The van der Waals surface area contributed by atoms with E-state index < -0.39 is 16.3 Å². The molecule has 2 aromatic carbocycles. The van der Waals surface area contributed by atoms with Crippen molar-refractivity contribution in [2.24, 2.45) is 5.92 Å². The number of aliphatic hydroxyl groups is 1. The monoisotopic (exact) mass is 504 g/mol. The van der Waals surface area contributed by atoms with Crippen molar-refractivity contribution in [3.63, 3.8) is 0 Å². The molecule has 0 saturated heterocycles. The summed E-state index contributed by atoms with van der Waals surface area (Å²) in [4.78, 5) is 12.7. The molecule has 2 atom stereocenters. The summed E-state index contributed by atoms with van der Waals surface area (Å²) in [6.45, 7) is 1.97. The van der Waals surface area contributed by atoms with Crippen LogP contribution in [0.4, 0.5) is 0 Å². The van der Waals surface area contributed by atoms with Crippen molar-refractivity contribution in [2.75, 3.05) is 33.4 Å². The quantitative estimate of drug-likeness (QED) is 0.456. The molecular weight excluding hydrogens is 472 g/mol. The predicted molar refractivity (Wildman–Crippen MR) is 130 cm³/mol. The number of allylic oxidation sites excluding steroid dienone is 1. The molecule has 2 N–H and O–H groups in total. The fraction of sp³-hybridized carbons (Fsp3) is 0.400. The fourth-order valence-corrected chi connectivity index (χ4v) is 5.02. The summed E-state index contributed by atoms with van der Waals surface area (Å²) in [6, 6.07) is 15.6. The highest BCUT2D eigenvalue weighted by Gasteiger charge is 2.28. The number of benzene rings is 2. The van der Waals surface area contributed by atoms with Crippen LogP contribution >= 0.6 is 0 Å². The number of aliphatic hydroxyl groups excluding tert-OH is 1. The molecule has 35 heavy (non-hydrogen) atoms. The van der Waals surface area contributed by atoms with Gasteiger partial charge in [-0.1, -0.05) is 37.3 Å². The zero-order chi connectivity index (χ0) is 25.3. The Morgan fingerprint density at radius 1 is 1.14 bits per heavy atom. The van der Waals surface area contributed by atoms with Gasteiger partial charge < -0.3 is 24.6 Å². The minimum Gasteiger partial charge on any atom is -0.497 e. The van der Waals surface area contributed by atoms with Gasteiger partial charge in [0.25, 0.3) is 5.91 Å². The largest absolute Gasteiger partial charge is 0.497 e. The summed E-state index contributed by atoms with van der Waals surface area (Å²) in [7, 11) is -2.34. The zero-order valence-electron chi connectivity index (χ0n) is 19.9. The molecule has 3 rings (SSSR count). The minimum absolute atomic E-state index is 0.0163. The van der Waals surface area contributed by atoms with Crippen LogP contribution in [0.2, 0.25) is 0 Å². The summed E-state index contributed by atoms with van der Waals surface area (Å²) in [5, 5.41) is 12.2. The van der Waals surface area contributed by atoms with Crippen molar-refractivity contribution in [3.05, 3.63) is 72.0 Å². The average molecular weight is 505 g/mol. The molecule has 1 heterocycles. The van der Waals surface area contributed by atoms with Crippen LogP contribution in [-0.2, 0) is 30.8 Å². The lowest BCUT2D eigenvalue weighted by molar-refractivity contribution is -0.148. The van der Waals surface area contributed by atoms with E-state index in [0.29, 0.717) is 18.7 Å². The maximum Gasteiger partial charge on any atom is 0.286 e. The predicted octanol–water partition coefficient (Wildman–Crippen LogP) is 2.28. The number of hydrogen-bond donors (Lipinski definition) is 2. The normalized spacial score (nSPS) is 18.0. The topological polar surface area (TPSA) is 114 Å². The van der Waals surface area contributed by atoms with Gasteiger partial charge in [0.2, 0.25) is 16.3 Å². The van der Waals surface area contributed by atoms with Crippen LogP contribution in [-0.4, -0.2) is 63.4 Å². The first-order valence-electron chi connectivity index (χ1n) is 11.4. The van der Waals surface area contributed by atoms with Crippen LogP contribution in [0.15, 0.2) is 71.3 Å². The highest BCUT2D eigenvalue weighted by molar-refractivity contribution is 7.89. The number of carbonyl (C=O) groups is 1. The van der Waals surface area contributed by atoms with E-state index in [0.717, 1.165) is 9.87 Å². The summed E-state index contributed by atoms with van der Waals surface area (Å²) in [6.07, 6.45) is 1.60.